The van der Waals surface area contributed by atoms with Crippen LogP contribution in [0.5, 0.6) is 0 Å². The number of nitrogens with zero attached hydrogens (tertiary/aromatic N) is 4. The summed E-state index contributed by atoms with van der Waals surface area (Å²) in [4.78, 5) is 33.7. The first-order valence-corrected chi connectivity index (χ1v) is 11.5. The van der Waals surface area contributed by atoms with Gasteiger partial charge < -0.3 is 15.1 Å². The van der Waals surface area contributed by atoms with Crippen LogP contribution in [0.3, 0.4) is 0 Å². The average molecular weight is 422 g/mol. The van der Waals surface area contributed by atoms with E-state index in [1.807, 2.05) is 6.07 Å². The number of carbonyl (C=O) groups excluding carboxylic acids is 2. The molecule has 8 heteroatoms. The van der Waals surface area contributed by atoms with Gasteiger partial charge in [0.05, 0.1) is 29.6 Å². The van der Waals surface area contributed by atoms with Gasteiger partial charge in [-0.3, -0.25) is 14.6 Å². The number of nitrogens with one attached hydrogen (secondary N) is 1. The summed E-state index contributed by atoms with van der Waals surface area (Å²) in [5, 5.41) is 12.7. The first-order chi connectivity index (χ1) is 14.6. The normalized spacial score (nSPS) is 25.0. The smallest absolute Gasteiger partial charge is 0.252 e. The van der Waals surface area contributed by atoms with Gasteiger partial charge >= 0.3 is 0 Å². The highest BCUT2D eigenvalue weighted by Crippen LogP contribution is 2.40. The number of pyridine rings is 1. The van der Waals surface area contributed by atoms with Gasteiger partial charge in [0.25, 0.3) is 5.91 Å². The Morgan fingerprint density at radius 2 is 2.20 bits per heavy atom. The van der Waals surface area contributed by atoms with Crippen molar-refractivity contribution in [2.75, 3.05) is 29.6 Å². The van der Waals surface area contributed by atoms with Crippen LogP contribution in [-0.4, -0.2) is 58.5 Å². The Kier molecular flexibility index (Phi) is 4.99. The molecule has 2 bridgehead atoms. The zero-order valence-corrected chi connectivity index (χ0v) is 17.4. The topological polar surface area (TPSA) is 89.3 Å². The van der Waals surface area contributed by atoms with Crippen molar-refractivity contribution in [3.05, 3.63) is 36.0 Å². The van der Waals surface area contributed by atoms with Gasteiger partial charge in [-0.15, -0.1) is 11.8 Å². The number of rotatable bonds is 4. The number of piperidine rings is 1. The molecule has 5 rings (SSSR count). The molecule has 0 radical (unpaired) electrons. The Hall–Kier alpha value is -2.79. The number of thioether (sulfide) groups is 1. The fourth-order valence-electron chi connectivity index (χ4n) is 4.90. The molecule has 1 aromatic heterocycles. The third kappa shape index (κ3) is 3.37. The largest absolute Gasteiger partial charge is 0.368 e. The maximum atomic E-state index is 12.9. The van der Waals surface area contributed by atoms with E-state index in [1.165, 1.54) is 24.2 Å². The van der Waals surface area contributed by atoms with Crippen molar-refractivity contribution >= 4 is 40.2 Å². The number of hydrogen-bond donors (Lipinski definition) is 1. The Bertz CT molecular complexity index is 1050. The van der Waals surface area contributed by atoms with Crippen molar-refractivity contribution in [2.24, 2.45) is 5.92 Å². The van der Waals surface area contributed by atoms with Crippen LogP contribution in [0.25, 0.3) is 10.9 Å². The van der Waals surface area contributed by atoms with E-state index < -0.39 is 6.04 Å². The number of anilines is 1. The zero-order chi connectivity index (χ0) is 20.7. The lowest BCUT2D eigenvalue weighted by Crippen LogP contribution is -2.42. The molecule has 2 saturated heterocycles. The highest BCUT2D eigenvalue weighted by atomic mass is 32.2. The lowest BCUT2D eigenvalue weighted by atomic mass is 10.1. The summed E-state index contributed by atoms with van der Waals surface area (Å²) in [5.41, 5.74) is 2.42. The van der Waals surface area contributed by atoms with Crippen LogP contribution in [0.1, 0.15) is 29.6 Å². The second-order valence-corrected chi connectivity index (χ2v) is 9.24. The van der Waals surface area contributed by atoms with Crippen LogP contribution >= 0.6 is 11.8 Å². The molecular formula is C22H23N5O2S. The average Bonchev–Trinajstić information content (AvgIpc) is 3.53. The summed E-state index contributed by atoms with van der Waals surface area (Å²) in [6, 6.07) is 10.1. The Balaban J connectivity index is 1.34. The lowest BCUT2D eigenvalue weighted by Gasteiger charge is -2.29. The molecule has 3 atom stereocenters. The maximum Gasteiger partial charge on any atom is 0.252 e. The molecule has 2 amide bonds. The highest BCUT2D eigenvalue weighted by Gasteiger charge is 2.37. The molecule has 2 aliphatic heterocycles. The van der Waals surface area contributed by atoms with Crippen molar-refractivity contribution in [2.45, 2.75) is 31.3 Å². The standard InChI is InChI=1S/C22H23N5O2S/c23-9-17-12-30-13-27(17)21(28)10-25-22(29)18-5-6-24-20-4-3-16(8-19(18)20)26-11-14-1-2-15(26)7-14/h3-6,8,14-15,17H,1-2,7,10-13H2,(H,25,29)/t14-,15+,17-/m1/s1. The highest BCUT2D eigenvalue weighted by molar-refractivity contribution is 7.99. The van der Waals surface area contributed by atoms with Gasteiger partial charge in [0.1, 0.15) is 6.04 Å². The van der Waals surface area contributed by atoms with Crippen LogP contribution < -0.4 is 10.2 Å². The number of hydrogen-bond acceptors (Lipinski definition) is 6. The van der Waals surface area contributed by atoms with Gasteiger partial charge in [-0.25, -0.2) is 0 Å². The van der Waals surface area contributed by atoms with Crippen LogP contribution in [0.15, 0.2) is 30.5 Å². The van der Waals surface area contributed by atoms with E-state index in [4.69, 9.17) is 5.26 Å². The second-order valence-electron chi connectivity index (χ2n) is 8.24. The van der Waals surface area contributed by atoms with Gasteiger partial charge in [-0.05, 0) is 49.4 Å². The Labute approximate surface area is 179 Å². The van der Waals surface area contributed by atoms with E-state index in [1.54, 1.807) is 24.0 Å². The SMILES string of the molecule is N#C[C@@H]1CSCN1C(=O)CNC(=O)c1ccnc2ccc(N3C[C@@H]4CC[C@H]3C4)cc12. The molecule has 154 valence electrons. The summed E-state index contributed by atoms with van der Waals surface area (Å²) in [5.74, 6) is 1.37. The third-order valence-electron chi connectivity index (χ3n) is 6.46. The van der Waals surface area contributed by atoms with E-state index in [9.17, 15) is 9.59 Å². The summed E-state index contributed by atoms with van der Waals surface area (Å²) in [6.07, 6.45) is 5.45. The van der Waals surface area contributed by atoms with Crippen molar-refractivity contribution in [1.29, 1.82) is 5.26 Å². The van der Waals surface area contributed by atoms with E-state index in [0.717, 1.165) is 29.1 Å². The number of aromatic nitrogens is 1. The maximum absolute atomic E-state index is 12.9. The fourth-order valence-corrected chi connectivity index (χ4v) is 6.00. The molecule has 3 fully saturated rings. The van der Waals surface area contributed by atoms with Crippen molar-refractivity contribution in [3.8, 4) is 6.07 Å². The molecule has 7 nitrogen and oxygen atoms in total. The van der Waals surface area contributed by atoms with E-state index >= 15 is 0 Å². The van der Waals surface area contributed by atoms with E-state index in [2.05, 4.69) is 33.4 Å². The van der Waals surface area contributed by atoms with Crippen molar-refractivity contribution in [1.82, 2.24) is 15.2 Å². The molecule has 3 aliphatic rings. The van der Waals surface area contributed by atoms with Crippen molar-refractivity contribution in [3.63, 3.8) is 0 Å². The fraction of sp³-hybridized carbons (Fsp3) is 0.455. The molecule has 1 aliphatic carbocycles. The number of benzene rings is 1. The first-order valence-electron chi connectivity index (χ1n) is 10.3. The molecule has 0 spiro atoms. The molecule has 2 aromatic rings. The minimum absolute atomic E-state index is 0.114. The van der Waals surface area contributed by atoms with Crippen LogP contribution in [-0.2, 0) is 4.79 Å². The summed E-state index contributed by atoms with van der Waals surface area (Å²) in [6.45, 7) is 0.970. The lowest BCUT2D eigenvalue weighted by molar-refractivity contribution is -0.129. The van der Waals surface area contributed by atoms with Gasteiger partial charge in [0.2, 0.25) is 5.91 Å². The third-order valence-corrected chi connectivity index (χ3v) is 7.47. The number of carbonyl (C=O) groups is 2. The van der Waals surface area contributed by atoms with E-state index in [-0.39, 0.29) is 18.4 Å². The predicted molar refractivity (Wildman–Crippen MR) is 116 cm³/mol. The minimum Gasteiger partial charge on any atom is -0.368 e. The molecule has 30 heavy (non-hydrogen) atoms. The van der Waals surface area contributed by atoms with Crippen LogP contribution in [0.2, 0.25) is 0 Å². The van der Waals surface area contributed by atoms with Gasteiger partial charge in [-0.2, -0.15) is 5.26 Å². The molecular weight excluding hydrogens is 398 g/mol. The number of nitriles is 1. The quantitative estimate of drug-likeness (QED) is 0.815. The Morgan fingerprint density at radius 3 is 2.97 bits per heavy atom. The van der Waals surface area contributed by atoms with Gasteiger partial charge in [0, 0.05) is 35.6 Å². The zero-order valence-electron chi connectivity index (χ0n) is 16.6. The van der Waals surface area contributed by atoms with E-state index in [0.29, 0.717) is 23.2 Å². The van der Waals surface area contributed by atoms with Gasteiger partial charge in [-0.1, -0.05) is 0 Å². The van der Waals surface area contributed by atoms with Crippen molar-refractivity contribution < 1.29 is 9.59 Å². The van der Waals surface area contributed by atoms with Crippen LogP contribution in [0.4, 0.5) is 5.69 Å². The minimum atomic E-state index is -0.417. The molecule has 1 N–H and O–H groups in total. The number of fused-ring (bicyclic) bond motifs is 3. The summed E-state index contributed by atoms with van der Waals surface area (Å²) in [7, 11) is 0. The van der Waals surface area contributed by atoms with Crippen LogP contribution in [0, 0.1) is 17.2 Å². The van der Waals surface area contributed by atoms with Gasteiger partial charge in [0.15, 0.2) is 0 Å². The second kappa shape index (κ2) is 7.80. The number of amides is 2. The molecule has 1 aromatic carbocycles. The first kappa shape index (κ1) is 19.2. The summed E-state index contributed by atoms with van der Waals surface area (Å²) < 4.78 is 0. The molecule has 0 unspecified atom stereocenters. The molecule has 3 heterocycles. The summed E-state index contributed by atoms with van der Waals surface area (Å²) >= 11 is 1.55. The monoisotopic (exact) mass is 421 g/mol. The predicted octanol–water partition coefficient (Wildman–Crippen LogP) is 2.38. The molecule has 1 saturated carbocycles. The Morgan fingerprint density at radius 1 is 1.30 bits per heavy atom.